The van der Waals surface area contributed by atoms with E-state index >= 15 is 0 Å². The summed E-state index contributed by atoms with van der Waals surface area (Å²) in [6.07, 6.45) is 1.28. The van der Waals surface area contributed by atoms with Gasteiger partial charge in [0.05, 0.1) is 12.2 Å². The van der Waals surface area contributed by atoms with Crippen LogP contribution in [0.5, 0.6) is 0 Å². The predicted molar refractivity (Wildman–Crippen MR) is 61.4 cm³/mol. The van der Waals surface area contributed by atoms with Crippen LogP contribution in [0.2, 0.25) is 0 Å². The summed E-state index contributed by atoms with van der Waals surface area (Å²) in [6.45, 7) is 0.448. The lowest BCUT2D eigenvalue weighted by Crippen LogP contribution is -2.32. The van der Waals surface area contributed by atoms with Crippen LogP contribution in [-0.4, -0.2) is 33.7 Å². The highest BCUT2D eigenvalue weighted by Gasteiger charge is 2.09. The summed E-state index contributed by atoms with van der Waals surface area (Å²) in [4.78, 5) is 3.78. The summed E-state index contributed by atoms with van der Waals surface area (Å²) in [5.41, 5.74) is 0.361. The largest absolute Gasteiger partial charge is 0.383 e. The summed E-state index contributed by atoms with van der Waals surface area (Å²) in [5.74, 6) is 0.147. The van der Waals surface area contributed by atoms with Crippen molar-refractivity contribution in [1.82, 2.24) is 9.71 Å². The van der Waals surface area contributed by atoms with Crippen molar-refractivity contribution in [3.8, 4) is 6.07 Å². The molecule has 1 aromatic heterocycles. The van der Waals surface area contributed by atoms with Crippen molar-refractivity contribution in [3.05, 3.63) is 23.9 Å². The number of methoxy groups -OCH3 is 1. The smallest absolute Gasteiger partial charge is 0.300 e. The van der Waals surface area contributed by atoms with Gasteiger partial charge in [-0.15, -0.1) is 0 Å². The second-order valence-corrected chi connectivity index (χ2v) is 4.54. The number of ether oxygens (including phenoxy) is 1. The summed E-state index contributed by atoms with van der Waals surface area (Å²) in [5, 5.41) is 8.55. The molecule has 7 nitrogen and oxygen atoms in total. The first-order valence-electron chi connectivity index (χ1n) is 4.70. The first-order chi connectivity index (χ1) is 8.07. The van der Waals surface area contributed by atoms with Crippen LogP contribution in [-0.2, 0) is 14.9 Å². The molecule has 2 N–H and O–H groups in total. The van der Waals surface area contributed by atoms with E-state index in [1.807, 2.05) is 6.07 Å². The molecule has 0 bridgehead atoms. The summed E-state index contributed by atoms with van der Waals surface area (Å²) in [7, 11) is -2.18. The Balaban J connectivity index is 2.60. The van der Waals surface area contributed by atoms with Crippen LogP contribution in [0.15, 0.2) is 18.3 Å². The summed E-state index contributed by atoms with van der Waals surface area (Å²) >= 11 is 0. The van der Waals surface area contributed by atoms with Crippen LogP contribution >= 0.6 is 0 Å². The predicted octanol–water partition coefficient (Wildman–Crippen LogP) is -0.154. The van der Waals surface area contributed by atoms with E-state index < -0.39 is 10.2 Å². The molecule has 0 aliphatic rings. The zero-order valence-electron chi connectivity index (χ0n) is 9.17. The molecule has 0 saturated heterocycles. The topological polar surface area (TPSA) is 104 Å². The zero-order valence-corrected chi connectivity index (χ0v) is 9.99. The van der Waals surface area contributed by atoms with E-state index in [1.54, 1.807) is 0 Å². The SMILES string of the molecule is COCCNS(=O)(=O)Nc1ccc(C#N)cn1. The number of hydrogen-bond donors (Lipinski definition) is 2. The lowest BCUT2D eigenvalue weighted by molar-refractivity contribution is 0.204. The third kappa shape index (κ3) is 4.78. The van der Waals surface area contributed by atoms with E-state index in [0.717, 1.165) is 0 Å². The first-order valence-corrected chi connectivity index (χ1v) is 6.18. The molecular formula is C9H12N4O3S. The molecule has 0 amide bonds. The molecule has 0 aromatic carbocycles. The van der Waals surface area contributed by atoms with E-state index in [1.165, 1.54) is 25.4 Å². The standard InChI is InChI=1S/C9H12N4O3S/c1-16-5-4-12-17(14,15)13-9-3-2-8(6-10)7-11-9/h2-3,7,12H,4-5H2,1H3,(H,11,13). The number of nitrogens with zero attached hydrogens (tertiary/aromatic N) is 2. The Labute approximate surface area is 99.6 Å². The molecule has 0 atom stereocenters. The summed E-state index contributed by atoms with van der Waals surface area (Å²) < 4.78 is 32.1. The molecule has 8 heteroatoms. The van der Waals surface area contributed by atoms with Gasteiger partial charge in [-0.1, -0.05) is 0 Å². The highest BCUT2D eigenvalue weighted by atomic mass is 32.2. The Morgan fingerprint density at radius 1 is 1.53 bits per heavy atom. The molecule has 17 heavy (non-hydrogen) atoms. The summed E-state index contributed by atoms with van der Waals surface area (Å²) in [6, 6.07) is 4.77. The van der Waals surface area contributed by atoms with Crippen molar-refractivity contribution < 1.29 is 13.2 Å². The molecule has 0 radical (unpaired) electrons. The fourth-order valence-electron chi connectivity index (χ4n) is 0.972. The maximum absolute atomic E-state index is 11.4. The number of nitriles is 1. The average molecular weight is 256 g/mol. The Morgan fingerprint density at radius 3 is 2.82 bits per heavy atom. The van der Waals surface area contributed by atoms with Gasteiger partial charge in [0.2, 0.25) is 0 Å². The number of nitrogens with one attached hydrogen (secondary N) is 2. The molecule has 0 fully saturated rings. The number of rotatable bonds is 6. The van der Waals surface area contributed by atoms with E-state index in [2.05, 4.69) is 14.4 Å². The van der Waals surface area contributed by atoms with Gasteiger partial charge in [-0.05, 0) is 12.1 Å². The lowest BCUT2D eigenvalue weighted by Gasteiger charge is -2.07. The average Bonchev–Trinajstić information content (AvgIpc) is 2.30. The van der Waals surface area contributed by atoms with Crippen molar-refractivity contribution in [2.24, 2.45) is 0 Å². The van der Waals surface area contributed by atoms with E-state index in [-0.39, 0.29) is 19.0 Å². The van der Waals surface area contributed by atoms with Gasteiger partial charge in [-0.25, -0.2) is 4.98 Å². The molecule has 0 aliphatic heterocycles. The Morgan fingerprint density at radius 2 is 2.29 bits per heavy atom. The van der Waals surface area contributed by atoms with Gasteiger partial charge in [-0.2, -0.15) is 18.4 Å². The minimum Gasteiger partial charge on any atom is -0.383 e. The third-order valence-electron chi connectivity index (χ3n) is 1.73. The van der Waals surface area contributed by atoms with E-state index in [0.29, 0.717) is 5.56 Å². The Kier molecular flexibility index (Phi) is 4.84. The van der Waals surface area contributed by atoms with Crippen LogP contribution in [0.3, 0.4) is 0 Å². The highest BCUT2D eigenvalue weighted by Crippen LogP contribution is 2.05. The molecule has 0 saturated carbocycles. The van der Waals surface area contributed by atoms with Crippen LogP contribution < -0.4 is 9.44 Å². The molecule has 0 unspecified atom stereocenters. The van der Waals surface area contributed by atoms with Gasteiger partial charge < -0.3 is 4.74 Å². The number of anilines is 1. The second-order valence-electron chi connectivity index (χ2n) is 3.04. The third-order valence-corrected chi connectivity index (χ3v) is 2.79. The minimum absolute atomic E-state index is 0.147. The highest BCUT2D eigenvalue weighted by molar-refractivity contribution is 7.90. The van der Waals surface area contributed by atoms with Crippen molar-refractivity contribution in [2.45, 2.75) is 0 Å². The number of aromatic nitrogens is 1. The Bertz CT molecular complexity index is 492. The number of pyridine rings is 1. The molecule has 0 spiro atoms. The van der Waals surface area contributed by atoms with Crippen molar-refractivity contribution in [1.29, 1.82) is 5.26 Å². The van der Waals surface area contributed by atoms with Crippen LogP contribution in [0.25, 0.3) is 0 Å². The van der Waals surface area contributed by atoms with Crippen LogP contribution in [0.1, 0.15) is 5.56 Å². The molecular weight excluding hydrogens is 244 g/mol. The fraction of sp³-hybridized carbons (Fsp3) is 0.333. The fourth-order valence-corrected chi connectivity index (χ4v) is 1.79. The molecule has 1 aromatic rings. The van der Waals surface area contributed by atoms with Gasteiger partial charge in [0.15, 0.2) is 0 Å². The van der Waals surface area contributed by atoms with Crippen molar-refractivity contribution >= 4 is 16.0 Å². The molecule has 0 aliphatic carbocycles. The molecule has 1 heterocycles. The molecule has 1 rings (SSSR count). The maximum Gasteiger partial charge on any atom is 0.300 e. The van der Waals surface area contributed by atoms with Gasteiger partial charge in [0.25, 0.3) is 10.2 Å². The van der Waals surface area contributed by atoms with Gasteiger partial charge in [0, 0.05) is 19.9 Å². The van der Waals surface area contributed by atoms with Gasteiger partial charge >= 0.3 is 0 Å². The number of hydrogen-bond acceptors (Lipinski definition) is 5. The van der Waals surface area contributed by atoms with Gasteiger partial charge in [0.1, 0.15) is 11.9 Å². The van der Waals surface area contributed by atoms with Crippen LogP contribution in [0.4, 0.5) is 5.82 Å². The van der Waals surface area contributed by atoms with E-state index in [4.69, 9.17) is 10.00 Å². The minimum atomic E-state index is -3.65. The monoisotopic (exact) mass is 256 g/mol. The maximum atomic E-state index is 11.4. The molecule has 92 valence electrons. The first kappa shape index (κ1) is 13.4. The quantitative estimate of drug-likeness (QED) is 0.688. The van der Waals surface area contributed by atoms with Gasteiger partial charge in [-0.3, -0.25) is 4.72 Å². The van der Waals surface area contributed by atoms with Crippen LogP contribution in [0, 0.1) is 11.3 Å². The Hall–Kier alpha value is -1.69. The normalized spacial score (nSPS) is 10.8. The zero-order chi connectivity index (χ0) is 12.7. The van der Waals surface area contributed by atoms with Crippen molar-refractivity contribution in [2.75, 3.05) is 25.0 Å². The second kappa shape index (κ2) is 6.15. The lowest BCUT2D eigenvalue weighted by atomic mass is 10.3. The van der Waals surface area contributed by atoms with E-state index in [9.17, 15) is 8.42 Å². The van der Waals surface area contributed by atoms with Crippen molar-refractivity contribution in [3.63, 3.8) is 0 Å².